The minimum absolute atomic E-state index is 0.276. The van der Waals surface area contributed by atoms with Crippen LogP contribution in [0.25, 0.3) is 0 Å². The van der Waals surface area contributed by atoms with Crippen molar-refractivity contribution in [2.24, 2.45) is 0 Å². The van der Waals surface area contributed by atoms with Crippen molar-refractivity contribution < 1.29 is 18.7 Å². The largest absolute Gasteiger partial charge is 0.467 e. The molecule has 116 valence electrons. The Morgan fingerprint density at radius 3 is 2.59 bits per heavy atom. The smallest absolute Gasteiger partial charge is 0.338 e. The summed E-state index contributed by atoms with van der Waals surface area (Å²) < 4.78 is 10.2. The van der Waals surface area contributed by atoms with Crippen molar-refractivity contribution in [3.05, 3.63) is 54.0 Å². The molecular formula is C16H17NO4S. The third kappa shape index (κ3) is 4.39. The molecule has 1 N–H and O–H groups in total. The molecule has 2 aromatic rings. The maximum absolute atomic E-state index is 11.8. The van der Waals surface area contributed by atoms with E-state index in [9.17, 15) is 9.59 Å². The molecule has 0 aliphatic rings. The van der Waals surface area contributed by atoms with Crippen LogP contribution in [0.1, 0.15) is 29.1 Å². The number of ether oxygens (including phenoxy) is 1. The Hall–Kier alpha value is -2.21. The van der Waals surface area contributed by atoms with Gasteiger partial charge in [-0.25, -0.2) is 4.79 Å². The highest BCUT2D eigenvalue weighted by atomic mass is 32.2. The van der Waals surface area contributed by atoms with E-state index in [1.807, 2.05) is 18.4 Å². The van der Waals surface area contributed by atoms with Crippen molar-refractivity contribution in [2.45, 2.75) is 17.9 Å². The Kier molecular flexibility index (Phi) is 5.66. The van der Waals surface area contributed by atoms with E-state index in [1.54, 1.807) is 43.0 Å². The number of thioether (sulfide) groups is 1. The first-order valence-corrected chi connectivity index (χ1v) is 7.96. The number of amides is 1. The Bertz CT molecular complexity index is 622. The first kappa shape index (κ1) is 16.2. The summed E-state index contributed by atoms with van der Waals surface area (Å²) in [5.41, 5.74) is 0.421. The van der Waals surface area contributed by atoms with E-state index >= 15 is 0 Å². The van der Waals surface area contributed by atoms with Crippen LogP contribution < -0.4 is 5.32 Å². The monoisotopic (exact) mass is 319 g/mol. The van der Waals surface area contributed by atoms with Crippen LogP contribution in [0.15, 0.2) is 52.0 Å². The lowest BCUT2D eigenvalue weighted by Crippen LogP contribution is -2.30. The molecule has 0 aliphatic carbocycles. The van der Waals surface area contributed by atoms with Crippen molar-refractivity contribution in [1.82, 2.24) is 5.32 Å². The average Bonchev–Trinajstić information content (AvgIpc) is 3.07. The van der Waals surface area contributed by atoms with Crippen molar-refractivity contribution in [3.63, 3.8) is 0 Å². The minimum atomic E-state index is -0.520. The molecule has 0 saturated heterocycles. The van der Waals surface area contributed by atoms with E-state index in [4.69, 9.17) is 9.15 Å². The number of carbonyl (C=O) groups is 2. The molecule has 6 heteroatoms. The lowest BCUT2D eigenvalue weighted by Gasteiger charge is -2.11. The van der Waals surface area contributed by atoms with E-state index in [0.717, 1.165) is 4.90 Å². The second kappa shape index (κ2) is 7.70. The molecule has 0 fully saturated rings. The standard InChI is InChI=1S/C16H17NO4S/c1-11(14-4-3-9-20-14)17-15(18)10-21-16(19)12-5-7-13(22-2)8-6-12/h3-9,11H,10H2,1-2H3,(H,17,18)/t11-/m0/s1. The zero-order valence-corrected chi connectivity index (χ0v) is 13.2. The molecule has 0 bridgehead atoms. The first-order chi connectivity index (χ1) is 10.6. The van der Waals surface area contributed by atoms with Crippen LogP contribution in [0.2, 0.25) is 0 Å². The SMILES string of the molecule is CSc1ccc(C(=O)OCC(=O)N[C@@H](C)c2ccco2)cc1. The molecule has 1 aromatic carbocycles. The summed E-state index contributed by atoms with van der Waals surface area (Å²) in [4.78, 5) is 24.6. The molecular weight excluding hydrogens is 302 g/mol. The summed E-state index contributed by atoms with van der Waals surface area (Å²) in [7, 11) is 0. The highest BCUT2D eigenvalue weighted by Crippen LogP contribution is 2.15. The second-order valence-electron chi connectivity index (χ2n) is 4.61. The molecule has 0 spiro atoms. The normalized spacial score (nSPS) is 11.7. The van der Waals surface area contributed by atoms with E-state index in [2.05, 4.69) is 5.32 Å². The van der Waals surface area contributed by atoms with Crippen LogP contribution in [-0.4, -0.2) is 24.7 Å². The number of benzene rings is 1. The zero-order chi connectivity index (χ0) is 15.9. The third-order valence-corrected chi connectivity index (χ3v) is 3.75. The first-order valence-electron chi connectivity index (χ1n) is 6.74. The van der Waals surface area contributed by atoms with E-state index in [0.29, 0.717) is 11.3 Å². The van der Waals surface area contributed by atoms with Crippen molar-refractivity contribution in [2.75, 3.05) is 12.9 Å². The van der Waals surface area contributed by atoms with Crippen molar-refractivity contribution >= 4 is 23.6 Å². The fourth-order valence-corrected chi connectivity index (χ4v) is 2.24. The van der Waals surface area contributed by atoms with Crippen molar-refractivity contribution in [3.8, 4) is 0 Å². The van der Waals surface area contributed by atoms with E-state index in [-0.39, 0.29) is 18.6 Å². The van der Waals surface area contributed by atoms with Gasteiger partial charge < -0.3 is 14.5 Å². The van der Waals surface area contributed by atoms with Crippen LogP contribution >= 0.6 is 11.8 Å². The van der Waals surface area contributed by atoms with Gasteiger partial charge in [-0.05, 0) is 49.6 Å². The highest BCUT2D eigenvalue weighted by molar-refractivity contribution is 7.98. The predicted octanol–water partition coefficient (Wildman–Crippen LogP) is 3.04. The topological polar surface area (TPSA) is 68.5 Å². The Labute approximate surface area is 133 Å². The Morgan fingerprint density at radius 2 is 2.00 bits per heavy atom. The molecule has 1 amide bonds. The Balaban J connectivity index is 1.81. The number of rotatable bonds is 6. The fourth-order valence-electron chi connectivity index (χ4n) is 1.83. The zero-order valence-electron chi connectivity index (χ0n) is 12.4. The molecule has 1 atom stereocenters. The summed E-state index contributed by atoms with van der Waals surface area (Å²) in [6.07, 6.45) is 3.49. The highest BCUT2D eigenvalue weighted by Gasteiger charge is 2.14. The molecule has 0 saturated carbocycles. The number of furan rings is 1. The quantitative estimate of drug-likeness (QED) is 0.655. The molecule has 2 rings (SSSR count). The van der Waals surface area contributed by atoms with Crippen LogP contribution in [0.5, 0.6) is 0 Å². The van der Waals surface area contributed by atoms with Gasteiger partial charge in [0.25, 0.3) is 5.91 Å². The molecule has 1 heterocycles. The average molecular weight is 319 g/mol. The third-order valence-electron chi connectivity index (χ3n) is 3.01. The summed E-state index contributed by atoms with van der Waals surface area (Å²) >= 11 is 1.59. The Morgan fingerprint density at radius 1 is 1.27 bits per heavy atom. The van der Waals surface area contributed by atoms with Crippen molar-refractivity contribution in [1.29, 1.82) is 0 Å². The number of hydrogen-bond donors (Lipinski definition) is 1. The summed E-state index contributed by atoms with van der Waals surface area (Å²) in [5.74, 6) is -0.251. The predicted molar refractivity (Wildman–Crippen MR) is 83.8 cm³/mol. The summed E-state index contributed by atoms with van der Waals surface area (Å²) in [6.45, 7) is 1.47. The van der Waals surface area contributed by atoms with Crippen LogP contribution in [0.4, 0.5) is 0 Å². The maximum Gasteiger partial charge on any atom is 0.338 e. The molecule has 22 heavy (non-hydrogen) atoms. The minimum Gasteiger partial charge on any atom is -0.467 e. The summed E-state index contributed by atoms with van der Waals surface area (Å²) in [6, 6.07) is 10.3. The molecule has 5 nitrogen and oxygen atoms in total. The van der Waals surface area contributed by atoms with Gasteiger partial charge in [0.15, 0.2) is 6.61 Å². The second-order valence-corrected chi connectivity index (χ2v) is 5.49. The molecule has 0 unspecified atom stereocenters. The fraction of sp³-hybridized carbons (Fsp3) is 0.250. The van der Waals surface area contributed by atoms with Crippen LogP contribution in [0.3, 0.4) is 0 Å². The number of hydrogen-bond acceptors (Lipinski definition) is 5. The van der Waals surface area contributed by atoms with Gasteiger partial charge in [0, 0.05) is 4.90 Å². The van der Waals surface area contributed by atoms with Crippen LogP contribution in [0, 0.1) is 0 Å². The number of carbonyl (C=O) groups excluding carboxylic acids is 2. The van der Waals surface area contributed by atoms with Crippen LogP contribution in [-0.2, 0) is 9.53 Å². The number of nitrogens with one attached hydrogen (secondary N) is 1. The van der Waals surface area contributed by atoms with Gasteiger partial charge in [-0.2, -0.15) is 0 Å². The summed E-state index contributed by atoms with van der Waals surface area (Å²) in [5, 5.41) is 2.69. The molecule has 1 aromatic heterocycles. The van der Waals surface area contributed by atoms with Gasteiger partial charge in [0.1, 0.15) is 5.76 Å². The molecule has 0 radical (unpaired) electrons. The van der Waals surface area contributed by atoms with Gasteiger partial charge >= 0.3 is 5.97 Å². The van der Waals surface area contributed by atoms with E-state index in [1.165, 1.54) is 6.26 Å². The lowest BCUT2D eigenvalue weighted by molar-refractivity contribution is -0.125. The van der Waals surface area contributed by atoms with Gasteiger partial charge in [-0.1, -0.05) is 0 Å². The van der Waals surface area contributed by atoms with Gasteiger partial charge in [-0.3, -0.25) is 4.79 Å². The van der Waals surface area contributed by atoms with Gasteiger partial charge in [0.2, 0.25) is 0 Å². The lowest BCUT2D eigenvalue weighted by atomic mass is 10.2. The molecule has 0 aliphatic heterocycles. The van der Waals surface area contributed by atoms with E-state index < -0.39 is 5.97 Å². The maximum atomic E-state index is 11.8. The number of esters is 1. The van der Waals surface area contributed by atoms with Gasteiger partial charge in [-0.15, -0.1) is 11.8 Å². The van der Waals surface area contributed by atoms with Gasteiger partial charge in [0.05, 0.1) is 17.9 Å².